The Bertz CT molecular complexity index is 429. The summed E-state index contributed by atoms with van der Waals surface area (Å²) in [5.41, 5.74) is 0. The summed E-state index contributed by atoms with van der Waals surface area (Å²) < 4.78 is 63.5. The third kappa shape index (κ3) is 2.47. The van der Waals surface area contributed by atoms with Gasteiger partial charge < -0.3 is 5.11 Å². The highest BCUT2D eigenvalue weighted by Gasteiger charge is 2.61. The molecule has 1 saturated carbocycles. The number of allylic oxidation sites excluding steroid dienone is 2. The van der Waals surface area contributed by atoms with E-state index in [1.54, 1.807) is 0 Å². The van der Waals surface area contributed by atoms with E-state index in [1.165, 1.54) is 6.92 Å². The van der Waals surface area contributed by atoms with Crippen LogP contribution >= 0.6 is 0 Å². The van der Waals surface area contributed by atoms with Crippen LogP contribution in [0.15, 0.2) is 12.2 Å². The van der Waals surface area contributed by atoms with Gasteiger partial charge in [-0.15, -0.1) is 0 Å². The second-order valence-corrected chi connectivity index (χ2v) is 5.70. The minimum Gasteiger partial charge on any atom is -0.386 e. The van der Waals surface area contributed by atoms with Gasteiger partial charge in [-0.05, 0) is 36.5 Å². The van der Waals surface area contributed by atoms with Crippen molar-refractivity contribution in [1.29, 1.82) is 0 Å². The summed E-state index contributed by atoms with van der Waals surface area (Å²) in [7, 11) is 0. The smallest absolute Gasteiger partial charge is 0.386 e. The van der Waals surface area contributed by atoms with Gasteiger partial charge in [-0.1, -0.05) is 19.1 Å². The van der Waals surface area contributed by atoms with Crippen molar-refractivity contribution in [1.82, 2.24) is 0 Å². The second-order valence-electron chi connectivity index (χ2n) is 5.70. The average Bonchev–Trinajstić information content (AvgIpc) is 2.96. The number of alkyl halides is 5. The second kappa shape index (κ2) is 4.79. The van der Waals surface area contributed by atoms with E-state index in [-0.39, 0.29) is 17.8 Å². The number of carbonyl (C=O) groups excluding carboxylic acids is 1. The Morgan fingerprint density at radius 1 is 1.20 bits per heavy atom. The molecule has 0 aromatic carbocycles. The molecule has 0 spiro atoms. The predicted octanol–water partition coefficient (Wildman–Crippen LogP) is 2.96. The number of hydrogen-bond donors (Lipinski definition) is 1. The molecule has 114 valence electrons. The number of fused-ring (bicyclic) bond motifs is 2. The molecule has 0 aromatic rings. The van der Waals surface area contributed by atoms with Gasteiger partial charge in [0.2, 0.25) is 0 Å². The van der Waals surface area contributed by atoms with Gasteiger partial charge in [0, 0.05) is 0 Å². The van der Waals surface area contributed by atoms with E-state index in [1.807, 2.05) is 12.2 Å². The fraction of sp³-hybridized carbons (Fsp3) is 0.769. The van der Waals surface area contributed by atoms with Crippen molar-refractivity contribution in [2.24, 2.45) is 23.7 Å². The van der Waals surface area contributed by atoms with Crippen molar-refractivity contribution in [3.05, 3.63) is 12.2 Å². The highest BCUT2D eigenvalue weighted by molar-refractivity contribution is 5.91. The van der Waals surface area contributed by atoms with Gasteiger partial charge in [-0.3, -0.25) is 4.79 Å². The van der Waals surface area contributed by atoms with Crippen molar-refractivity contribution in [2.45, 2.75) is 38.0 Å². The van der Waals surface area contributed by atoms with Gasteiger partial charge in [-0.25, -0.2) is 0 Å². The monoisotopic (exact) mass is 298 g/mol. The van der Waals surface area contributed by atoms with Crippen LogP contribution in [0.2, 0.25) is 0 Å². The van der Waals surface area contributed by atoms with Crippen LogP contribution in [0.3, 0.4) is 0 Å². The van der Waals surface area contributed by atoms with E-state index in [2.05, 4.69) is 0 Å². The summed E-state index contributed by atoms with van der Waals surface area (Å²) in [6.45, 7) is 1.28. The Labute approximate surface area is 112 Å². The first kappa shape index (κ1) is 15.4. The average molecular weight is 298 g/mol. The fourth-order valence-corrected chi connectivity index (χ4v) is 3.32. The van der Waals surface area contributed by atoms with Crippen LogP contribution in [0, 0.1) is 23.7 Å². The zero-order chi connectivity index (χ0) is 15.3. The molecule has 20 heavy (non-hydrogen) atoms. The molecule has 5 unspecified atom stereocenters. The minimum absolute atomic E-state index is 0.00133. The van der Waals surface area contributed by atoms with Crippen LogP contribution in [-0.4, -0.2) is 29.1 Å². The molecular formula is C13H15F5O2. The van der Waals surface area contributed by atoms with Crippen LogP contribution in [0.5, 0.6) is 0 Å². The molecule has 0 aliphatic heterocycles. The Hall–Kier alpha value is -0.980. The summed E-state index contributed by atoms with van der Waals surface area (Å²) in [4.78, 5) is 10.8. The zero-order valence-corrected chi connectivity index (χ0v) is 10.7. The van der Waals surface area contributed by atoms with E-state index >= 15 is 0 Å². The predicted molar refractivity (Wildman–Crippen MR) is 60.0 cm³/mol. The van der Waals surface area contributed by atoms with Crippen LogP contribution in [0.4, 0.5) is 22.0 Å². The van der Waals surface area contributed by atoms with Crippen molar-refractivity contribution in [3.8, 4) is 0 Å². The van der Waals surface area contributed by atoms with E-state index in [9.17, 15) is 31.9 Å². The number of aliphatic hydroxyl groups is 1. The molecule has 7 heteroatoms. The van der Waals surface area contributed by atoms with Gasteiger partial charge in [-0.2, -0.15) is 22.0 Å². The lowest BCUT2D eigenvalue weighted by Gasteiger charge is -2.33. The van der Waals surface area contributed by atoms with Crippen LogP contribution in [-0.2, 0) is 4.79 Å². The number of hydrogen-bond acceptors (Lipinski definition) is 2. The third-order valence-corrected chi connectivity index (χ3v) is 4.44. The molecule has 0 amide bonds. The topological polar surface area (TPSA) is 37.3 Å². The molecule has 2 bridgehead atoms. The highest BCUT2D eigenvalue weighted by Crippen LogP contribution is 2.49. The maximum Gasteiger partial charge on any atom is 0.456 e. The Kier molecular flexibility index (Phi) is 3.69. The van der Waals surface area contributed by atoms with Crippen molar-refractivity contribution in [3.63, 3.8) is 0 Å². The molecule has 0 aromatic heterocycles. The molecule has 0 saturated heterocycles. The number of Topliss-reactive ketones (excluding diaryl/α,β-unsaturated/α-hetero) is 1. The first-order chi connectivity index (χ1) is 9.05. The fourth-order valence-electron chi connectivity index (χ4n) is 3.32. The lowest BCUT2D eigenvalue weighted by atomic mass is 9.78. The van der Waals surface area contributed by atoms with E-state index in [0.29, 0.717) is 6.42 Å². The SMILES string of the molecule is CC(C1CC2C=CC1C2)C(O)C(F)(F)C(=O)C(F)(F)F. The molecule has 1 fully saturated rings. The minimum atomic E-state index is -5.65. The Balaban J connectivity index is 2.12. The number of ketones is 1. The van der Waals surface area contributed by atoms with Gasteiger partial charge in [0.05, 0.1) is 0 Å². The zero-order valence-electron chi connectivity index (χ0n) is 10.7. The van der Waals surface area contributed by atoms with Crippen molar-refractivity contribution < 1.29 is 31.9 Å². The molecule has 2 aliphatic carbocycles. The van der Waals surface area contributed by atoms with Crippen LogP contribution < -0.4 is 0 Å². The van der Waals surface area contributed by atoms with Gasteiger partial charge in [0.15, 0.2) is 0 Å². The molecule has 2 aliphatic rings. The van der Waals surface area contributed by atoms with Gasteiger partial charge in [0.25, 0.3) is 0 Å². The number of aliphatic hydroxyl groups excluding tert-OH is 1. The van der Waals surface area contributed by atoms with E-state index < -0.39 is 29.9 Å². The van der Waals surface area contributed by atoms with E-state index in [4.69, 9.17) is 0 Å². The normalized spacial score (nSPS) is 32.5. The first-order valence-electron chi connectivity index (χ1n) is 6.41. The summed E-state index contributed by atoms with van der Waals surface area (Å²) in [6, 6.07) is 0. The number of rotatable bonds is 4. The summed E-state index contributed by atoms with van der Waals surface area (Å²) in [6.07, 6.45) is -3.12. The summed E-state index contributed by atoms with van der Waals surface area (Å²) in [5.74, 6) is -9.12. The lowest BCUT2D eigenvalue weighted by molar-refractivity contribution is -0.213. The van der Waals surface area contributed by atoms with E-state index in [0.717, 1.165) is 6.42 Å². The first-order valence-corrected chi connectivity index (χ1v) is 6.41. The Morgan fingerprint density at radius 3 is 2.20 bits per heavy atom. The highest BCUT2D eigenvalue weighted by atomic mass is 19.4. The van der Waals surface area contributed by atoms with Crippen LogP contribution in [0.1, 0.15) is 19.8 Å². The maximum atomic E-state index is 13.5. The molecular weight excluding hydrogens is 283 g/mol. The van der Waals surface area contributed by atoms with Gasteiger partial charge in [0.1, 0.15) is 6.10 Å². The number of carbonyl (C=O) groups is 1. The number of halogens is 5. The Morgan fingerprint density at radius 2 is 1.80 bits per heavy atom. The van der Waals surface area contributed by atoms with Crippen LogP contribution in [0.25, 0.3) is 0 Å². The molecule has 0 heterocycles. The van der Waals surface area contributed by atoms with Crippen molar-refractivity contribution >= 4 is 5.78 Å². The lowest BCUT2D eigenvalue weighted by Crippen LogP contribution is -2.52. The molecule has 2 rings (SSSR count). The standard InChI is InChI=1S/C13H15F5O2/c1-6(9-5-7-2-3-8(9)4-7)10(19)12(14,15)11(20)13(16,17)18/h2-3,6-10,19H,4-5H2,1H3. The quantitative estimate of drug-likeness (QED) is 0.640. The maximum absolute atomic E-state index is 13.5. The molecule has 5 atom stereocenters. The molecule has 0 radical (unpaired) electrons. The summed E-state index contributed by atoms with van der Waals surface area (Å²) in [5, 5.41) is 9.57. The molecule has 2 nitrogen and oxygen atoms in total. The van der Waals surface area contributed by atoms with Crippen molar-refractivity contribution in [2.75, 3.05) is 0 Å². The van der Waals surface area contributed by atoms with Gasteiger partial charge >= 0.3 is 17.9 Å². The summed E-state index contributed by atoms with van der Waals surface area (Å²) >= 11 is 0. The molecule has 1 N–H and O–H groups in total. The third-order valence-electron chi connectivity index (χ3n) is 4.44. The largest absolute Gasteiger partial charge is 0.456 e.